The summed E-state index contributed by atoms with van der Waals surface area (Å²) in [6.07, 6.45) is 0. The van der Waals surface area contributed by atoms with Gasteiger partial charge in [-0.1, -0.05) is 12.1 Å². The predicted octanol–water partition coefficient (Wildman–Crippen LogP) is 1.32. The molecule has 18 heavy (non-hydrogen) atoms. The van der Waals surface area contributed by atoms with Crippen LogP contribution in [0.4, 0.5) is 0 Å². The van der Waals surface area contributed by atoms with E-state index in [1.165, 1.54) is 35.2 Å². The highest BCUT2D eigenvalue weighted by molar-refractivity contribution is 8.15. The zero-order valence-corrected chi connectivity index (χ0v) is 10.6. The van der Waals surface area contributed by atoms with Crippen LogP contribution in [-0.4, -0.2) is 32.9 Å². The standard InChI is InChI=1S/C11H8N2O3S2/c14-5-1-2-6-8(3-5)18-10(12-6)9-13-7(4-17-9)11(15)16/h1-3,7,14H,4H2,(H,15,16)/p-1/t7-/m1/s1. The molecule has 1 aromatic carbocycles. The number of carbonyl (C=O) groups is 1. The van der Waals surface area contributed by atoms with Gasteiger partial charge in [0.25, 0.3) is 0 Å². The predicted molar refractivity (Wildman–Crippen MR) is 69.5 cm³/mol. The van der Waals surface area contributed by atoms with Crippen LogP contribution in [0.5, 0.6) is 5.75 Å². The van der Waals surface area contributed by atoms with E-state index in [0.717, 1.165) is 10.2 Å². The summed E-state index contributed by atoms with van der Waals surface area (Å²) in [6, 6.07) is 3.99. The first-order valence-corrected chi connectivity index (χ1v) is 6.95. The average molecular weight is 279 g/mol. The Kier molecular flexibility index (Phi) is 2.71. The number of carboxylic acid groups (broad SMARTS) is 1. The summed E-state index contributed by atoms with van der Waals surface area (Å²) in [5.74, 6) is -0.532. The van der Waals surface area contributed by atoms with Crippen molar-refractivity contribution in [2.24, 2.45) is 4.99 Å². The molecule has 2 aromatic rings. The van der Waals surface area contributed by atoms with Crippen molar-refractivity contribution in [2.75, 3.05) is 5.75 Å². The van der Waals surface area contributed by atoms with E-state index in [-0.39, 0.29) is 5.75 Å². The molecule has 1 atom stereocenters. The number of aliphatic carboxylic acids is 1. The SMILES string of the molecule is O=C(O)[C@H]1CSC(c2nc3ccc([O-])cc3s2)=N1. The van der Waals surface area contributed by atoms with Crippen molar-refractivity contribution < 1.29 is 15.0 Å². The van der Waals surface area contributed by atoms with Crippen molar-refractivity contribution in [2.45, 2.75) is 6.04 Å². The van der Waals surface area contributed by atoms with E-state index < -0.39 is 12.0 Å². The highest BCUT2D eigenvalue weighted by Crippen LogP contribution is 2.30. The molecule has 0 saturated carbocycles. The van der Waals surface area contributed by atoms with Gasteiger partial charge in [0.2, 0.25) is 0 Å². The van der Waals surface area contributed by atoms with Gasteiger partial charge in [-0.25, -0.2) is 9.78 Å². The summed E-state index contributed by atoms with van der Waals surface area (Å²) in [6.45, 7) is 0. The molecule has 5 nitrogen and oxygen atoms in total. The molecule has 0 amide bonds. The van der Waals surface area contributed by atoms with E-state index in [1.807, 2.05) is 0 Å². The van der Waals surface area contributed by atoms with E-state index in [1.54, 1.807) is 6.07 Å². The Bertz CT molecular complexity index is 665. The van der Waals surface area contributed by atoms with Crippen LogP contribution in [0, 0.1) is 0 Å². The lowest BCUT2D eigenvalue weighted by molar-refractivity contribution is -0.268. The van der Waals surface area contributed by atoms with Crippen LogP contribution >= 0.6 is 23.1 Å². The normalized spacial score (nSPS) is 19.1. The summed E-state index contributed by atoms with van der Waals surface area (Å²) in [5.41, 5.74) is 0.747. The van der Waals surface area contributed by atoms with Gasteiger partial charge < -0.3 is 10.2 Å². The number of nitrogens with zero attached hydrogens (tertiary/aromatic N) is 2. The third-order valence-corrected chi connectivity index (χ3v) is 4.69. The maximum absolute atomic E-state index is 11.2. The number of hydrogen-bond acceptors (Lipinski definition) is 6. The fourth-order valence-corrected chi connectivity index (χ4v) is 3.70. The minimum atomic E-state index is -0.916. The minimum Gasteiger partial charge on any atom is -0.872 e. The Hall–Kier alpha value is -1.60. The number of carboxylic acids is 1. The van der Waals surface area contributed by atoms with Crippen molar-refractivity contribution in [3.63, 3.8) is 0 Å². The molecule has 0 aliphatic carbocycles. The van der Waals surface area contributed by atoms with Gasteiger partial charge in [-0.3, -0.25) is 4.99 Å². The highest BCUT2D eigenvalue weighted by atomic mass is 32.2. The second kappa shape index (κ2) is 4.25. The second-order valence-corrected chi connectivity index (χ2v) is 5.79. The zero-order chi connectivity index (χ0) is 12.7. The molecule has 92 valence electrons. The topological polar surface area (TPSA) is 85.6 Å². The molecule has 1 N–H and O–H groups in total. The van der Waals surface area contributed by atoms with Crippen molar-refractivity contribution in [1.29, 1.82) is 0 Å². The van der Waals surface area contributed by atoms with Gasteiger partial charge in [-0.15, -0.1) is 28.8 Å². The molecule has 0 fully saturated rings. The van der Waals surface area contributed by atoms with E-state index in [9.17, 15) is 9.90 Å². The van der Waals surface area contributed by atoms with Gasteiger partial charge in [0.05, 0.1) is 10.2 Å². The maximum atomic E-state index is 11.2. The van der Waals surface area contributed by atoms with Gasteiger partial charge in [-0.05, 0) is 6.07 Å². The Labute approximate surface area is 110 Å². The largest absolute Gasteiger partial charge is 0.872 e. The van der Waals surface area contributed by atoms with Crippen molar-refractivity contribution in [3.8, 4) is 5.75 Å². The van der Waals surface area contributed by atoms with Crippen LogP contribution < -0.4 is 5.11 Å². The highest BCUT2D eigenvalue weighted by Gasteiger charge is 2.26. The quantitative estimate of drug-likeness (QED) is 0.896. The molecule has 2 heterocycles. The molecule has 3 rings (SSSR count). The van der Waals surface area contributed by atoms with Gasteiger partial charge in [0, 0.05) is 5.75 Å². The van der Waals surface area contributed by atoms with E-state index in [4.69, 9.17) is 5.11 Å². The number of fused-ring (bicyclic) bond motifs is 1. The van der Waals surface area contributed by atoms with Gasteiger partial charge in [0.1, 0.15) is 10.1 Å². The van der Waals surface area contributed by atoms with Crippen LogP contribution in [-0.2, 0) is 4.79 Å². The summed E-state index contributed by atoms with van der Waals surface area (Å²) >= 11 is 2.76. The van der Waals surface area contributed by atoms with Crippen LogP contribution in [0.15, 0.2) is 23.2 Å². The zero-order valence-electron chi connectivity index (χ0n) is 8.99. The lowest BCUT2D eigenvalue weighted by Crippen LogP contribution is -2.17. The second-order valence-electron chi connectivity index (χ2n) is 3.75. The Balaban J connectivity index is 2.00. The molecule has 1 aliphatic rings. The maximum Gasteiger partial charge on any atom is 0.329 e. The summed E-state index contributed by atoms with van der Waals surface area (Å²) in [7, 11) is 0. The first-order valence-electron chi connectivity index (χ1n) is 5.15. The minimum absolute atomic E-state index is 0.0536. The lowest BCUT2D eigenvalue weighted by Gasteiger charge is -2.00. The van der Waals surface area contributed by atoms with Crippen LogP contribution in [0.1, 0.15) is 5.01 Å². The smallest absolute Gasteiger partial charge is 0.329 e. The fraction of sp³-hybridized carbons (Fsp3) is 0.182. The van der Waals surface area contributed by atoms with Gasteiger partial charge >= 0.3 is 5.97 Å². The first kappa shape index (κ1) is 11.5. The van der Waals surface area contributed by atoms with E-state index in [0.29, 0.717) is 15.8 Å². The number of benzene rings is 1. The molecule has 0 spiro atoms. The van der Waals surface area contributed by atoms with E-state index in [2.05, 4.69) is 9.98 Å². The number of aliphatic imine (C=N–C) groups is 1. The van der Waals surface area contributed by atoms with Crippen LogP contribution in [0.3, 0.4) is 0 Å². The summed E-state index contributed by atoms with van der Waals surface area (Å²) in [5, 5.41) is 21.4. The number of rotatable bonds is 2. The monoisotopic (exact) mass is 279 g/mol. The Morgan fingerprint density at radius 2 is 2.33 bits per heavy atom. The number of thioether (sulfide) groups is 1. The van der Waals surface area contributed by atoms with Gasteiger partial charge in [-0.2, -0.15) is 0 Å². The summed E-state index contributed by atoms with van der Waals surface area (Å²) < 4.78 is 0.805. The fourth-order valence-electron chi connectivity index (χ4n) is 1.61. The molecular weight excluding hydrogens is 272 g/mol. The number of aromatic nitrogens is 1. The van der Waals surface area contributed by atoms with E-state index >= 15 is 0 Å². The van der Waals surface area contributed by atoms with Crippen molar-refractivity contribution in [1.82, 2.24) is 4.98 Å². The molecule has 1 aromatic heterocycles. The average Bonchev–Trinajstić information content (AvgIpc) is 2.93. The molecule has 0 saturated heterocycles. The van der Waals surface area contributed by atoms with Crippen LogP contribution in [0.2, 0.25) is 0 Å². The third kappa shape index (κ3) is 1.95. The molecule has 1 aliphatic heterocycles. The number of hydrogen-bond donors (Lipinski definition) is 1. The Morgan fingerprint density at radius 1 is 1.50 bits per heavy atom. The Morgan fingerprint density at radius 3 is 3.06 bits per heavy atom. The first-order chi connectivity index (χ1) is 8.63. The number of thiazole rings is 1. The summed E-state index contributed by atoms with van der Waals surface area (Å²) in [4.78, 5) is 19.3. The van der Waals surface area contributed by atoms with Crippen molar-refractivity contribution >= 4 is 44.3 Å². The lowest BCUT2D eigenvalue weighted by atomic mass is 10.3. The molecular formula is C11H7N2O3S2-. The van der Waals surface area contributed by atoms with Gasteiger partial charge in [0.15, 0.2) is 6.04 Å². The molecule has 0 unspecified atom stereocenters. The van der Waals surface area contributed by atoms with Crippen LogP contribution in [0.25, 0.3) is 10.2 Å². The molecule has 0 radical (unpaired) electrons. The third-order valence-electron chi connectivity index (χ3n) is 2.48. The van der Waals surface area contributed by atoms with Crippen molar-refractivity contribution in [3.05, 3.63) is 23.2 Å². The molecule has 0 bridgehead atoms. The molecule has 7 heteroatoms.